The molecule has 12 heavy (non-hydrogen) atoms. The molecule has 1 aliphatic rings. The van der Waals surface area contributed by atoms with Crippen LogP contribution in [0.25, 0.3) is 0 Å². The molecule has 0 fully saturated rings. The maximum Gasteiger partial charge on any atom is 0.141 e. The molecule has 1 aliphatic carbocycles. The number of halogens is 1. The maximum atomic E-state index is 10.9. The normalized spacial score (nSPS) is 13.3. The molecule has 0 aromatic heterocycles. The first-order chi connectivity index (χ1) is 5.86. The zero-order valence-corrected chi connectivity index (χ0v) is 8.60. The summed E-state index contributed by atoms with van der Waals surface area (Å²) in [6, 6.07) is 8.02. The molecule has 0 radical (unpaired) electrons. The highest BCUT2D eigenvalue weighted by atomic mass is 79.9. The first-order valence-electron chi connectivity index (χ1n) is 3.82. The molecule has 0 atom stereocenters. The fourth-order valence-corrected chi connectivity index (χ4v) is 1.39. The average Bonchev–Trinajstić information content (AvgIpc) is 2.48. The van der Waals surface area contributed by atoms with Gasteiger partial charge in [-0.3, -0.25) is 4.79 Å². The Morgan fingerprint density at radius 1 is 1.08 bits per heavy atom. The molecule has 0 aliphatic heterocycles. The molecule has 0 heterocycles. The fourth-order valence-electron chi connectivity index (χ4n) is 1.39. The number of carbonyl (C=O) groups excluding carboxylic acids is 1. The van der Waals surface area contributed by atoms with Crippen LogP contribution in [0.2, 0.25) is 0 Å². The minimum Gasteiger partial charge on any atom is -0.299 e. The first-order valence-corrected chi connectivity index (χ1v) is 5.41. The minimum atomic E-state index is 0.348. The van der Waals surface area contributed by atoms with Crippen molar-refractivity contribution in [2.24, 2.45) is 0 Å². The second-order valence-corrected chi connectivity index (χ2v) is 2.66. The van der Waals surface area contributed by atoms with Gasteiger partial charge in [0.1, 0.15) is 5.78 Å². The topological polar surface area (TPSA) is 17.1 Å². The number of alkyl halides is 1. The van der Waals surface area contributed by atoms with E-state index < -0.39 is 0 Å². The lowest BCUT2D eigenvalue weighted by Crippen LogP contribution is -1.92. The third-order valence-electron chi connectivity index (χ3n) is 1.89. The Bertz CT molecular complexity index is 254. The van der Waals surface area contributed by atoms with Crippen LogP contribution in [-0.2, 0) is 17.6 Å². The number of rotatable bonds is 0. The maximum absolute atomic E-state index is 10.9. The monoisotopic (exact) mass is 226 g/mol. The second kappa shape index (κ2) is 4.41. The molecule has 0 spiro atoms. The predicted octanol–water partition coefficient (Wildman–Crippen LogP) is 2.37. The van der Waals surface area contributed by atoms with Gasteiger partial charge in [-0.2, -0.15) is 0 Å². The van der Waals surface area contributed by atoms with Crippen molar-refractivity contribution in [1.29, 1.82) is 0 Å². The molecular weight excluding hydrogens is 216 g/mol. The molecule has 0 N–H and O–H groups in total. The Morgan fingerprint density at radius 3 is 1.92 bits per heavy atom. The number of hydrogen-bond donors (Lipinski definition) is 0. The Morgan fingerprint density at radius 2 is 1.50 bits per heavy atom. The molecule has 0 unspecified atom stereocenters. The van der Waals surface area contributed by atoms with Crippen molar-refractivity contribution in [2.45, 2.75) is 12.8 Å². The van der Waals surface area contributed by atoms with Crippen molar-refractivity contribution in [3.05, 3.63) is 35.4 Å². The summed E-state index contributed by atoms with van der Waals surface area (Å²) in [4.78, 5) is 10.9. The SMILES string of the molecule is CBr.O=C1Cc2ccccc2C1. The number of fused-ring (bicyclic) bond motifs is 1. The third-order valence-corrected chi connectivity index (χ3v) is 1.89. The van der Waals surface area contributed by atoms with Gasteiger partial charge < -0.3 is 0 Å². The Hall–Kier alpha value is -0.630. The van der Waals surface area contributed by atoms with Crippen LogP contribution >= 0.6 is 15.9 Å². The van der Waals surface area contributed by atoms with Crippen LogP contribution in [0.15, 0.2) is 24.3 Å². The van der Waals surface area contributed by atoms with E-state index in [0.29, 0.717) is 18.6 Å². The van der Waals surface area contributed by atoms with Crippen molar-refractivity contribution in [2.75, 3.05) is 5.83 Å². The van der Waals surface area contributed by atoms with E-state index >= 15 is 0 Å². The molecule has 0 bridgehead atoms. The van der Waals surface area contributed by atoms with Crippen molar-refractivity contribution >= 4 is 21.7 Å². The summed E-state index contributed by atoms with van der Waals surface area (Å²) in [5.74, 6) is 2.16. The van der Waals surface area contributed by atoms with E-state index in [2.05, 4.69) is 15.9 Å². The van der Waals surface area contributed by atoms with E-state index in [9.17, 15) is 4.79 Å². The lowest BCUT2D eigenvalue weighted by molar-refractivity contribution is -0.117. The smallest absolute Gasteiger partial charge is 0.141 e. The Labute approximate surface area is 80.9 Å². The van der Waals surface area contributed by atoms with Crippen molar-refractivity contribution in [3.8, 4) is 0 Å². The first kappa shape index (κ1) is 9.46. The van der Waals surface area contributed by atoms with Gasteiger partial charge in [-0.1, -0.05) is 40.2 Å². The lowest BCUT2D eigenvalue weighted by Gasteiger charge is -1.91. The van der Waals surface area contributed by atoms with Crippen LogP contribution in [0, 0.1) is 0 Å². The van der Waals surface area contributed by atoms with Gasteiger partial charge in [0.05, 0.1) is 0 Å². The molecule has 0 amide bonds. The van der Waals surface area contributed by atoms with E-state index in [1.807, 2.05) is 30.1 Å². The summed E-state index contributed by atoms with van der Waals surface area (Å²) in [6.45, 7) is 0. The zero-order chi connectivity index (χ0) is 8.97. The highest BCUT2D eigenvalue weighted by Crippen LogP contribution is 2.17. The van der Waals surface area contributed by atoms with Crippen LogP contribution in [0.4, 0.5) is 0 Å². The van der Waals surface area contributed by atoms with Gasteiger partial charge in [-0.05, 0) is 17.0 Å². The minimum absolute atomic E-state index is 0.348. The molecular formula is C10H11BrO. The Kier molecular flexibility index (Phi) is 3.48. The zero-order valence-electron chi connectivity index (χ0n) is 7.01. The number of benzene rings is 1. The summed E-state index contributed by atoms with van der Waals surface area (Å²) in [7, 11) is 0. The van der Waals surface area contributed by atoms with Crippen LogP contribution in [0.5, 0.6) is 0 Å². The highest BCUT2D eigenvalue weighted by molar-refractivity contribution is 9.08. The lowest BCUT2D eigenvalue weighted by atomic mass is 10.1. The van der Waals surface area contributed by atoms with E-state index in [0.717, 1.165) is 0 Å². The quantitative estimate of drug-likeness (QED) is 0.622. The summed E-state index contributed by atoms with van der Waals surface area (Å²) >= 11 is 2.94. The molecule has 64 valence electrons. The van der Waals surface area contributed by atoms with Gasteiger partial charge in [0, 0.05) is 12.8 Å². The molecule has 0 saturated heterocycles. The molecule has 2 heteroatoms. The van der Waals surface area contributed by atoms with Crippen molar-refractivity contribution in [3.63, 3.8) is 0 Å². The molecule has 1 aromatic rings. The standard InChI is InChI=1S/C9H8O.CH3Br/c10-9-5-7-3-1-2-4-8(7)6-9;1-2/h1-4H,5-6H2;1H3. The Balaban J connectivity index is 0.000000336. The summed E-state index contributed by atoms with van der Waals surface area (Å²) < 4.78 is 0. The van der Waals surface area contributed by atoms with Crippen LogP contribution in [-0.4, -0.2) is 11.6 Å². The summed E-state index contributed by atoms with van der Waals surface area (Å²) in [5, 5.41) is 0. The van der Waals surface area contributed by atoms with Gasteiger partial charge in [0.15, 0.2) is 0 Å². The van der Waals surface area contributed by atoms with E-state index in [1.165, 1.54) is 11.1 Å². The predicted molar refractivity (Wildman–Crippen MR) is 53.7 cm³/mol. The van der Waals surface area contributed by atoms with E-state index in [4.69, 9.17) is 0 Å². The van der Waals surface area contributed by atoms with Gasteiger partial charge in [-0.25, -0.2) is 0 Å². The summed E-state index contributed by atoms with van der Waals surface area (Å²) in [6.07, 6.45) is 1.30. The number of hydrogen-bond acceptors (Lipinski definition) is 1. The van der Waals surface area contributed by atoms with Crippen LogP contribution < -0.4 is 0 Å². The van der Waals surface area contributed by atoms with E-state index in [1.54, 1.807) is 0 Å². The second-order valence-electron chi connectivity index (χ2n) is 2.66. The molecule has 1 nitrogen and oxygen atoms in total. The highest BCUT2D eigenvalue weighted by Gasteiger charge is 2.16. The molecule has 1 aromatic carbocycles. The number of carbonyl (C=O) groups is 1. The number of Topliss-reactive ketones (excluding diaryl/α,β-unsaturated/α-hetero) is 1. The van der Waals surface area contributed by atoms with E-state index in [-0.39, 0.29) is 0 Å². The van der Waals surface area contributed by atoms with Gasteiger partial charge in [0.25, 0.3) is 0 Å². The fraction of sp³-hybridized carbons (Fsp3) is 0.300. The van der Waals surface area contributed by atoms with Crippen molar-refractivity contribution in [1.82, 2.24) is 0 Å². The largest absolute Gasteiger partial charge is 0.299 e. The molecule has 0 saturated carbocycles. The average molecular weight is 227 g/mol. The van der Waals surface area contributed by atoms with Gasteiger partial charge in [0.2, 0.25) is 0 Å². The molecule has 2 rings (SSSR count). The van der Waals surface area contributed by atoms with Crippen molar-refractivity contribution < 1.29 is 4.79 Å². The summed E-state index contributed by atoms with van der Waals surface area (Å²) in [5.41, 5.74) is 2.43. The van der Waals surface area contributed by atoms with Gasteiger partial charge >= 0.3 is 0 Å². The van der Waals surface area contributed by atoms with Gasteiger partial charge in [-0.15, -0.1) is 0 Å². The number of ketones is 1. The third kappa shape index (κ3) is 1.95. The van der Waals surface area contributed by atoms with Crippen LogP contribution in [0.1, 0.15) is 11.1 Å². The van der Waals surface area contributed by atoms with Crippen LogP contribution in [0.3, 0.4) is 0 Å².